The van der Waals surface area contributed by atoms with Crippen molar-refractivity contribution in [2.24, 2.45) is 0 Å². The number of nitriles is 1. The summed E-state index contributed by atoms with van der Waals surface area (Å²) in [5.74, 6) is 1.18. The zero-order valence-corrected chi connectivity index (χ0v) is 10.5. The van der Waals surface area contributed by atoms with Gasteiger partial charge in [-0.2, -0.15) is 10.2 Å². The summed E-state index contributed by atoms with van der Waals surface area (Å²) < 4.78 is 5.33. The zero-order chi connectivity index (χ0) is 13.1. The first-order valence-corrected chi connectivity index (χ1v) is 6.44. The van der Waals surface area contributed by atoms with E-state index in [1.54, 1.807) is 12.1 Å². The number of hydrogen-bond donors (Lipinski definition) is 1. The summed E-state index contributed by atoms with van der Waals surface area (Å²) in [4.78, 5) is 4.43. The van der Waals surface area contributed by atoms with Gasteiger partial charge in [-0.25, -0.2) is 0 Å². The van der Waals surface area contributed by atoms with Crippen LogP contribution in [0.15, 0.2) is 28.8 Å². The Morgan fingerprint density at radius 3 is 3.11 bits per heavy atom. The highest BCUT2D eigenvalue weighted by Crippen LogP contribution is 2.24. The second kappa shape index (κ2) is 5.21. The number of piperidine rings is 1. The van der Waals surface area contributed by atoms with Crippen LogP contribution in [0.5, 0.6) is 0 Å². The Labute approximate surface area is 111 Å². The number of nitrogens with one attached hydrogen (secondary N) is 1. The third-order valence-corrected chi connectivity index (χ3v) is 3.30. The van der Waals surface area contributed by atoms with Gasteiger partial charge in [0.05, 0.1) is 17.7 Å². The molecule has 0 bridgehead atoms. The van der Waals surface area contributed by atoms with Crippen LogP contribution in [0.3, 0.4) is 0 Å². The molecule has 96 valence electrons. The molecule has 3 rings (SSSR count). The molecule has 1 aromatic heterocycles. The van der Waals surface area contributed by atoms with Crippen LogP contribution < -0.4 is 5.32 Å². The lowest BCUT2D eigenvalue weighted by molar-refractivity contribution is 0.297. The van der Waals surface area contributed by atoms with E-state index < -0.39 is 0 Å². The molecule has 1 atom stereocenters. The van der Waals surface area contributed by atoms with E-state index in [2.05, 4.69) is 21.5 Å². The van der Waals surface area contributed by atoms with E-state index in [9.17, 15) is 0 Å². The van der Waals surface area contributed by atoms with Crippen LogP contribution in [0.2, 0.25) is 0 Å². The van der Waals surface area contributed by atoms with Crippen molar-refractivity contribution in [2.75, 3.05) is 6.54 Å². The summed E-state index contributed by atoms with van der Waals surface area (Å²) in [6, 6.07) is 9.49. The molecule has 0 saturated carbocycles. The Balaban J connectivity index is 1.86. The number of rotatable bonds is 2. The van der Waals surface area contributed by atoms with Crippen molar-refractivity contribution >= 4 is 0 Å². The molecule has 1 saturated heterocycles. The van der Waals surface area contributed by atoms with E-state index in [4.69, 9.17) is 9.78 Å². The first kappa shape index (κ1) is 11.9. The van der Waals surface area contributed by atoms with Gasteiger partial charge in [0.25, 0.3) is 0 Å². The SMILES string of the molecule is N#Cc1cccc(-c2noc(C3CCCCN3)n2)c1. The molecule has 1 fully saturated rings. The molecule has 1 N–H and O–H groups in total. The fourth-order valence-corrected chi connectivity index (χ4v) is 2.28. The summed E-state index contributed by atoms with van der Waals surface area (Å²) in [6.07, 6.45) is 3.40. The third-order valence-electron chi connectivity index (χ3n) is 3.30. The van der Waals surface area contributed by atoms with Crippen molar-refractivity contribution in [3.05, 3.63) is 35.7 Å². The van der Waals surface area contributed by atoms with Gasteiger partial charge in [0.2, 0.25) is 11.7 Å². The van der Waals surface area contributed by atoms with Crippen LogP contribution in [0.25, 0.3) is 11.4 Å². The van der Waals surface area contributed by atoms with Gasteiger partial charge in [0.1, 0.15) is 0 Å². The minimum atomic E-state index is 0.161. The van der Waals surface area contributed by atoms with Crippen molar-refractivity contribution in [3.8, 4) is 17.5 Å². The molecule has 1 unspecified atom stereocenters. The average Bonchev–Trinajstić information content (AvgIpc) is 2.98. The molecule has 1 aromatic carbocycles. The lowest BCUT2D eigenvalue weighted by atomic mass is 10.1. The molecule has 0 radical (unpaired) electrons. The largest absolute Gasteiger partial charge is 0.337 e. The second-order valence-corrected chi connectivity index (χ2v) is 4.65. The maximum Gasteiger partial charge on any atom is 0.244 e. The first-order chi connectivity index (χ1) is 9.36. The topological polar surface area (TPSA) is 74.7 Å². The average molecular weight is 254 g/mol. The van der Waals surface area contributed by atoms with Gasteiger partial charge in [-0.15, -0.1) is 0 Å². The number of benzene rings is 1. The molecule has 0 aliphatic carbocycles. The molecule has 2 aromatic rings. The van der Waals surface area contributed by atoms with Crippen LogP contribution in [0.4, 0.5) is 0 Å². The lowest BCUT2D eigenvalue weighted by Crippen LogP contribution is -2.26. The van der Waals surface area contributed by atoms with Crippen LogP contribution in [0, 0.1) is 11.3 Å². The molecular weight excluding hydrogens is 240 g/mol. The maximum atomic E-state index is 8.89. The Bertz CT molecular complexity index is 608. The summed E-state index contributed by atoms with van der Waals surface area (Å²) in [5, 5.41) is 16.3. The van der Waals surface area contributed by atoms with Crippen molar-refractivity contribution in [1.29, 1.82) is 5.26 Å². The quantitative estimate of drug-likeness (QED) is 0.890. The Morgan fingerprint density at radius 1 is 1.37 bits per heavy atom. The zero-order valence-electron chi connectivity index (χ0n) is 10.5. The van der Waals surface area contributed by atoms with Crippen LogP contribution in [-0.2, 0) is 0 Å². The monoisotopic (exact) mass is 254 g/mol. The van der Waals surface area contributed by atoms with E-state index in [0.29, 0.717) is 17.3 Å². The van der Waals surface area contributed by atoms with E-state index >= 15 is 0 Å². The summed E-state index contributed by atoms with van der Waals surface area (Å²) >= 11 is 0. The van der Waals surface area contributed by atoms with Crippen molar-refractivity contribution in [3.63, 3.8) is 0 Å². The minimum absolute atomic E-state index is 0.161. The van der Waals surface area contributed by atoms with Gasteiger partial charge in [0.15, 0.2) is 0 Å². The predicted octanol–water partition coefficient (Wildman–Crippen LogP) is 2.42. The predicted molar refractivity (Wildman–Crippen MR) is 69.0 cm³/mol. The molecule has 2 heterocycles. The van der Waals surface area contributed by atoms with Crippen LogP contribution in [-0.4, -0.2) is 16.7 Å². The first-order valence-electron chi connectivity index (χ1n) is 6.44. The van der Waals surface area contributed by atoms with Gasteiger partial charge in [-0.1, -0.05) is 23.7 Å². The highest BCUT2D eigenvalue weighted by Gasteiger charge is 2.21. The molecule has 1 aliphatic heterocycles. The van der Waals surface area contributed by atoms with Crippen molar-refractivity contribution < 1.29 is 4.52 Å². The lowest BCUT2D eigenvalue weighted by Gasteiger charge is -2.19. The molecule has 0 amide bonds. The molecule has 1 aliphatic rings. The molecular formula is C14H14N4O. The van der Waals surface area contributed by atoms with Gasteiger partial charge in [0, 0.05) is 5.56 Å². The van der Waals surface area contributed by atoms with E-state index in [-0.39, 0.29) is 6.04 Å². The van der Waals surface area contributed by atoms with E-state index in [1.165, 1.54) is 12.8 Å². The number of aromatic nitrogens is 2. The number of hydrogen-bond acceptors (Lipinski definition) is 5. The Kier molecular flexibility index (Phi) is 3.25. The molecule has 0 spiro atoms. The third kappa shape index (κ3) is 2.49. The van der Waals surface area contributed by atoms with Gasteiger partial charge in [-0.05, 0) is 31.5 Å². The number of nitrogens with zero attached hydrogens (tertiary/aromatic N) is 3. The fourth-order valence-electron chi connectivity index (χ4n) is 2.28. The van der Waals surface area contributed by atoms with Crippen molar-refractivity contribution in [2.45, 2.75) is 25.3 Å². The van der Waals surface area contributed by atoms with Gasteiger partial charge < -0.3 is 9.84 Å². The second-order valence-electron chi connectivity index (χ2n) is 4.65. The van der Waals surface area contributed by atoms with Crippen molar-refractivity contribution in [1.82, 2.24) is 15.5 Å². The Morgan fingerprint density at radius 2 is 2.32 bits per heavy atom. The minimum Gasteiger partial charge on any atom is -0.337 e. The highest BCUT2D eigenvalue weighted by molar-refractivity contribution is 5.57. The Hall–Kier alpha value is -2.19. The van der Waals surface area contributed by atoms with Gasteiger partial charge in [-0.3, -0.25) is 0 Å². The van der Waals surface area contributed by atoms with Gasteiger partial charge >= 0.3 is 0 Å². The maximum absolute atomic E-state index is 8.89. The molecule has 5 heteroatoms. The fraction of sp³-hybridized carbons (Fsp3) is 0.357. The van der Waals surface area contributed by atoms with E-state index in [0.717, 1.165) is 18.5 Å². The highest BCUT2D eigenvalue weighted by atomic mass is 16.5. The standard InChI is InChI=1S/C14H14N4O/c15-9-10-4-3-5-11(8-10)13-17-14(19-18-13)12-6-1-2-7-16-12/h3-5,8,12,16H,1-2,6-7H2. The van der Waals surface area contributed by atoms with E-state index in [1.807, 2.05) is 12.1 Å². The summed E-state index contributed by atoms with van der Waals surface area (Å²) in [5.41, 5.74) is 1.41. The smallest absolute Gasteiger partial charge is 0.244 e. The normalized spacial score (nSPS) is 19.0. The van der Waals surface area contributed by atoms with Crippen LogP contribution in [0.1, 0.15) is 36.8 Å². The van der Waals surface area contributed by atoms with Crippen LogP contribution >= 0.6 is 0 Å². The molecule has 19 heavy (non-hydrogen) atoms. The summed E-state index contributed by atoms with van der Waals surface area (Å²) in [6.45, 7) is 0.992. The summed E-state index contributed by atoms with van der Waals surface area (Å²) in [7, 11) is 0. The molecule has 5 nitrogen and oxygen atoms in total.